The van der Waals surface area contributed by atoms with E-state index in [-0.39, 0.29) is 6.61 Å². The van der Waals surface area contributed by atoms with Crippen LogP contribution < -0.4 is 0 Å². The Balaban J connectivity index is 2.81. The van der Waals surface area contributed by atoms with E-state index in [0.717, 1.165) is 0 Å². The van der Waals surface area contributed by atoms with Crippen LogP contribution in [0.2, 0.25) is 5.02 Å². The Kier molecular flexibility index (Phi) is 2.82. The lowest BCUT2D eigenvalue weighted by Gasteiger charge is -2.04. The molecule has 0 aliphatic heterocycles. The SMILES string of the molecule is OCC(O)c1ccc(Cl)cn1. The Morgan fingerprint density at radius 1 is 1.55 bits per heavy atom. The van der Waals surface area contributed by atoms with E-state index >= 15 is 0 Å². The third-order valence-electron chi connectivity index (χ3n) is 1.26. The molecule has 1 heterocycles. The van der Waals surface area contributed by atoms with Crippen LogP contribution >= 0.6 is 11.6 Å². The third kappa shape index (κ3) is 2.15. The van der Waals surface area contributed by atoms with Crippen LogP contribution in [0.4, 0.5) is 0 Å². The number of nitrogens with zero attached hydrogens (tertiary/aromatic N) is 1. The summed E-state index contributed by atoms with van der Waals surface area (Å²) in [5, 5.41) is 18.1. The maximum absolute atomic E-state index is 9.06. The summed E-state index contributed by atoms with van der Waals surface area (Å²) in [5.74, 6) is 0. The number of aliphatic hydroxyl groups is 2. The second-order valence-corrected chi connectivity index (χ2v) is 2.54. The molecule has 0 saturated heterocycles. The number of aromatic nitrogens is 1. The minimum Gasteiger partial charge on any atom is -0.393 e. The van der Waals surface area contributed by atoms with Gasteiger partial charge in [0.15, 0.2) is 0 Å². The molecule has 11 heavy (non-hydrogen) atoms. The molecule has 0 bridgehead atoms. The van der Waals surface area contributed by atoms with Crippen molar-refractivity contribution in [3.8, 4) is 0 Å². The van der Waals surface area contributed by atoms with Crippen LogP contribution in [-0.2, 0) is 0 Å². The predicted molar refractivity (Wildman–Crippen MR) is 41.3 cm³/mol. The van der Waals surface area contributed by atoms with Gasteiger partial charge < -0.3 is 10.2 Å². The molecule has 0 saturated carbocycles. The highest BCUT2D eigenvalue weighted by Crippen LogP contribution is 2.11. The first kappa shape index (κ1) is 8.46. The van der Waals surface area contributed by atoms with Gasteiger partial charge in [0, 0.05) is 6.20 Å². The summed E-state index contributed by atoms with van der Waals surface area (Å²) in [7, 11) is 0. The highest BCUT2D eigenvalue weighted by molar-refractivity contribution is 6.30. The number of hydrogen-bond donors (Lipinski definition) is 2. The molecule has 0 aliphatic rings. The van der Waals surface area contributed by atoms with Crippen molar-refractivity contribution in [1.82, 2.24) is 4.98 Å². The van der Waals surface area contributed by atoms with Gasteiger partial charge in [0.2, 0.25) is 0 Å². The van der Waals surface area contributed by atoms with Crippen molar-refractivity contribution in [3.05, 3.63) is 29.0 Å². The van der Waals surface area contributed by atoms with Crippen molar-refractivity contribution in [1.29, 1.82) is 0 Å². The molecule has 1 atom stereocenters. The Hall–Kier alpha value is -0.640. The Morgan fingerprint density at radius 3 is 2.73 bits per heavy atom. The molecule has 0 spiro atoms. The molecule has 60 valence electrons. The van der Waals surface area contributed by atoms with Crippen LogP contribution in [0.25, 0.3) is 0 Å². The molecule has 3 nitrogen and oxygen atoms in total. The summed E-state index contributed by atoms with van der Waals surface area (Å²) < 4.78 is 0. The maximum Gasteiger partial charge on any atom is 0.119 e. The van der Waals surface area contributed by atoms with E-state index in [2.05, 4.69) is 4.98 Å². The summed E-state index contributed by atoms with van der Waals surface area (Å²) in [4.78, 5) is 3.81. The minimum atomic E-state index is -0.910. The summed E-state index contributed by atoms with van der Waals surface area (Å²) in [6, 6.07) is 3.19. The molecular weight excluding hydrogens is 166 g/mol. The fraction of sp³-hybridized carbons (Fsp3) is 0.286. The second-order valence-electron chi connectivity index (χ2n) is 2.10. The normalized spacial score (nSPS) is 13.0. The first-order chi connectivity index (χ1) is 5.24. The predicted octanol–water partition coefficient (Wildman–Crippen LogP) is 0.761. The summed E-state index contributed by atoms with van der Waals surface area (Å²) >= 11 is 5.55. The van der Waals surface area contributed by atoms with Crippen LogP contribution in [0.1, 0.15) is 11.8 Å². The van der Waals surface area contributed by atoms with Crippen LogP contribution in [0.15, 0.2) is 18.3 Å². The van der Waals surface area contributed by atoms with E-state index in [9.17, 15) is 0 Å². The molecule has 1 aromatic heterocycles. The average Bonchev–Trinajstić information content (AvgIpc) is 2.05. The maximum atomic E-state index is 9.06. The molecule has 2 N–H and O–H groups in total. The lowest BCUT2D eigenvalue weighted by molar-refractivity contribution is 0.0923. The first-order valence-electron chi connectivity index (χ1n) is 3.14. The molecule has 0 fully saturated rings. The molecule has 1 aromatic rings. The standard InChI is InChI=1S/C7H8ClNO2/c8-5-1-2-6(9-3-5)7(11)4-10/h1-3,7,10-11H,4H2. The zero-order valence-electron chi connectivity index (χ0n) is 5.74. The van der Waals surface area contributed by atoms with Gasteiger partial charge in [-0.3, -0.25) is 4.98 Å². The summed E-state index contributed by atoms with van der Waals surface area (Å²) in [6.07, 6.45) is 0.516. The van der Waals surface area contributed by atoms with Crippen molar-refractivity contribution in [2.24, 2.45) is 0 Å². The monoisotopic (exact) mass is 173 g/mol. The average molecular weight is 174 g/mol. The van der Waals surface area contributed by atoms with Crippen molar-refractivity contribution in [3.63, 3.8) is 0 Å². The quantitative estimate of drug-likeness (QED) is 0.695. The van der Waals surface area contributed by atoms with Crippen LogP contribution in [0, 0.1) is 0 Å². The number of halogens is 1. The van der Waals surface area contributed by atoms with Gasteiger partial charge in [-0.25, -0.2) is 0 Å². The van der Waals surface area contributed by atoms with Crippen molar-refractivity contribution >= 4 is 11.6 Å². The van der Waals surface area contributed by atoms with Gasteiger partial charge in [-0.1, -0.05) is 11.6 Å². The van der Waals surface area contributed by atoms with E-state index < -0.39 is 6.10 Å². The first-order valence-corrected chi connectivity index (χ1v) is 3.52. The fourth-order valence-corrected chi connectivity index (χ4v) is 0.790. The molecule has 0 amide bonds. The van der Waals surface area contributed by atoms with E-state index in [1.54, 1.807) is 12.1 Å². The largest absolute Gasteiger partial charge is 0.393 e. The zero-order valence-corrected chi connectivity index (χ0v) is 6.49. The number of rotatable bonds is 2. The van der Waals surface area contributed by atoms with E-state index in [1.165, 1.54) is 6.20 Å². The van der Waals surface area contributed by atoms with E-state index in [4.69, 9.17) is 21.8 Å². The van der Waals surface area contributed by atoms with Crippen molar-refractivity contribution in [2.45, 2.75) is 6.10 Å². The van der Waals surface area contributed by atoms with Crippen molar-refractivity contribution in [2.75, 3.05) is 6.61 Å². The Bertz CT molecular complexity index is 224. The van der Waals surface area contributed by atoms with Gasteiger partial charge in [-0.05, 0) is 12.1 Å². The lowest BCUT2D eigenvalue weighted by atomic mass is 10.2. The van der Waals surface area contributed by atoms with Crippen molar-refractivity contribution < 1.29 is 10.2 Å². The van der Waals surface area contributed by atoms with Gasteiger partial charge in [-0.15, -0.1) is 0 Å². The van der Waals surface area contributed by atoms with Gasteiger partial charge in [-0.2, -0.15) is 0 Å². The number of pyridine rings is 1. The molecule has 1 rings (SSSR count). The summed E-state index contributed by atoms with van der Waals surface area (Å²) in [5.41, 5.74) is 0.428. The topological polar surface area (TPSA) is 53.4 Å². The number of aliphatic hydroxyl groups excluding tert-OH is 2. The van der Waals surface area contributed by atoms with Gasteiger partial charge in [0.1, 0.15) is 6.10 Å². The Labute approximate surface area is 69.3 Å². The third-order valence-corrected chi connectivity index (χ3v) is 1.49. The molecule has 1 unspecified atom stereocenters. The molecule has 4 heteroatoms. The fourth-order valence-electron chi connectivity index (χ4n) is 0.678. The molecule has 0 radical (unpaired) electrons. The molecule has 0 aliphatic carbocycles. The number of hydrogen-bond acceptors (Lipinski definition) is 3. The minimum absolute atomic E-state index is 0.325. The van der Waals surface area contributed by atoms with E-state index in [0.29, 0.717) is 10.7 Å². The van der Waals surface area contributed by atoms with Gasteiger partial charge in [0.25, 0.3) is 0 Å². The van der Waals surface area contributed by atoms with Gasteiger partial charge >= 0.3 is 0 Å². The van der Waals surface area contributed by atoms with Crippen LogP contribution in [0.3, 0.4) is 0 Å². The lowest BCUT2D eigenvalue weighted by Crippen LogP contribution is -2.03. The van der Waals surface area contributed by atoms with Gasteiger partial charge in [0.05, 0.1) is 17.3 Å². The Morgan fingerprint density at radius 2 is 2.27 bits per heavy atom. The molecular formula is C7H8ClNO2. The zero-order chi connectivity index (χ0) is 8.27. The molecule has 0 aromatic carbocycles. The highest BCUT2D eigenvalue weighted by atomic mass is 35.5. The smallest absolute Gasteiger partial charge is 0.119 e. The summed E-state index contributed by atoms with van der Waals surface area (Å²) in [6.45, 7) is -0.325. The highest BCUT2D eigenvalue weighted by Gasteiger charge is 2.05. The van der Waals surface area contributed by atoms with Crippen LogP contribution in [-0.4, -0.2) is 21.8 Å². The van der Waals surface area contributed by atoms with E-state index in [1.807, 2.05) is 0 Å². The second kappa shape index (κ2) is 3.67. The van der Waals surface area contributed by atoms with Crippen LogP contribution in [0.5, 0.6) is 0 Å².